The van der Waals surface area contributed by atoms with Crippen LogP contribution in [0.4, 0.5) is 5.88 Å². The summed E-state index contributed by atoms with van der Waals surface area (Å²) in [6, 6.07) is 3.60. The number of morpholine rings is 1. The van der Waals surface area contributed by atoms with Gasteiger partial charge in [0.15, 0.2) is 11.3 Å². The lowest BCUT2D eigenvalue weighted by molar-refractivity contribution is 0.103. The molecular formula is C22H29N3O4. The van der Waals surface area contributed by atoms with Crippen LogP contribution >= 0.6 is 0 Å². The first-order chi connectivity index (χ1) is 14.1. The Labute approximate surface area is 170 Å². The first-order valence-electron chi connectivity index (χ1n) is 10.6. The molecule has 0 aliphatic carbocycles. The van der Waals surface area contributed by atoms with Crippen LogP contribution in [0.1, 0.15) is 11.1 Å². The summed E-state index contributed by atoms with van der Waals surface area (Å²) >= 11 is 0. The van der Waals surface area contributed by atoms with E-state index in [1.165, 1.54) is 0 Å². The lowest BCUT2D eigenvalue weighted by atomic mass is 10.0. The molecule has 0 bridgehead atoms. The van der Waals surface area contributed by atoms with E-state index in [1.54, 1.807) is 6.07 Å². The molecule has 2 fully saturated rings. The van der Waals surface area contributed by atoms with Crippen LogP contribution in [0.15, 0.2) is 21.3 Å². The Morgan fingerprint density at radius 1 is 1.07 bits per heavy atom. The SMILES string of the molecule is Cc1c2c(cc3c(=O)cc(N4CCOCC4)oc13)CC(CN1CCN(C)CC1)O2. The van der Waals surface area contributed by atoms with Gasteiger partial charge in [-0.05, 0) is 25.6 Å². The van der Waals surface area contributed by atoms with E-state index in [9.17, 15) is 4.79 Å². The third-order valence-corrected chi connectivity index (χ3v) is 6.38. The second-order valence-corrected chi connectivity index (χ2v) is 8.46. The minimum Gasteiger partial charge on any atom is -0.488 e. The first kappa shape index (κ1) is 18.9. The molecule has 0 spiro atoms. The molecular weight excluding hydrogens is 370 g/mol. The number of rotatable bonds is 3. The predicted octanol–water partition coefficient (Wildman–Crippen LogP) is 1.49. The zero-order chi connectivity index (χ0) is 20.0. The second kappa shape index (κ2) is 7.63. The standard InChI is InChI=1S/C22H29N3O4/c1-15-21-16(11-17(28-21)14-24-5-3-23(2)4-6-24)12-18-19(26)13-20(29-22(15)18)25-7-9-27-10-8-25/h12-13,17H,3-11,14H2,1-2H3. The summed E-state index contributed by atoms with van der Waals surface area (Å²) in [5.74, 6) is 1.53. The highest BCUT2D eigenvalue weighted by Gasteiger charge is 2.30. The van der Waals surface area contributed by atoms with Crippen LogP contribution in [0.25, 0.3) is 11.0 Å². The fourth-order valence-electron chi connectivity index (χ4n) is 4.62. The Morgan fingerprint density at radius 3 is 2.59 bits per heavy atom. The molecule has 1 unspecified atom stereocenters. The highest BCUT2D eigenvalue weighted by atomic mass is 16.5. The molecule has 5 rings (SSSR count). The molecule has 1 aromatic heterocycles. The third kappa shape index (κ3) is 3.63. The van der Waals surface area contributed by atoms with Gasteiger partial charge in [-0.2, -0.15) is 0 Å². The Kier molecular flexibility index (Phi) is 4.97. The van der Waals surface area contributed by atoms with Crippen molar-refractivity contribution in [1.29, 1.82) is 0 Å². The van der Waals surface area contributed by atoms with Gasteiger partial charge in [-0.25, -0.2) is 0 Å². The topological polar surface area (TPSA) is 58.4 Å². The Bertz CT molecular complexity index is 959. The summed E-state index contributed by atoms with van der Waals surface area (Å²) in [5, 5.41) is 0.655. The maximum atomic E-state index is 12.9. The van der Waals surface area contributed by atoms with Crippen LogP contribution in [0.3, 0.4) is 0 Å². The highest BCUT2D eigenvalue weighted by Crippen LogP contribution is 2.38. The molecule has 0 radical (unpaired) electrons. The molecule has 3 aliphatic rings. The lowest BCUT2D eigenvalue weighted by Crippen LogP contribution is -2.47. The fraction of sp³-hybridized carbons (Fsp3) is 0.591. The van der Waals surface area contributed by atoms with Crippen molar-refractivity contribution in [3.05, 3.63) is 33.5 Å². The number of fused-ring (bicyclic) bond motifs is 2. The number of benzene rings is 1. The molecule has 1 atom stereocenters. The third-order valence-electron chi connectivity index (χ3n) is 6.38. The number of likely N-dealkylation sites (N-methyl/N-ethyl adjacent to an activating group) is 1. The summed E-state index contributed by atoms with van der Waals surface area (Å²) < 4.78 is 18.0. The van der Waals surface area contributed by atoms with Gasteiger partial charge in [0.25, 0.3) is 0 Å². The number of piperazine rings is 1. The predicted molar refractivity (Wildman–Crippen MR) is 112 cm³/mol. The summed E-state index contributed by atoms with van der Waals surface area (Å²) in [7, 11) is 2.17. The fourth-order valence-corrected chi connectivity index (χ4v) is 4.62. The molecule has 2 aromatic rings. The summed E-state index contributed by atoms with van der Waals surface area (Å²) in [6.45, 7) is 10.1. The minimum atomic E-state index is 0.0150. The molecule has 2 saturated heterocycles. The zero-order valence-corrected chi connectivity index (χ0v) is 17.3. The first-order valence-corrected chi connectivity index (χ1v) is 10.6. The van der Waals surface area contributed by atoms with Crippen LogP contribution < -0.4 is 15.1 Å². The average molecular weight is 399 g/mol. The van der Waals surface area contributed by atoms with Crippen LogP contribution in [0.2, 0.25) is 0 Å². The number of ether oxygens (including phenoxy) is 2. The minimum absolute atomic E-state index is 0.0150. The van der Waals surface area contributed by atoms with Gasteiger partial charge in [-0.15, -0.1) is 0 Å². The number of hydrogen-bond acceptors (Lipinski definition) is 7. The lowest BCUT2D eigenvalue weighted by Gasteiger charge is -2.33. The molecule has 4 heterocycles. The highest BCUT2D eigenvalue weighted by molar-refractivity contribution is 5.84. The Morgan fingerprint density at radius 2 is 1.83 bits per heavy atom. The monoisotopic (exact) mass is 399 g/mol. The van der Waals surface area contributed by atoms with Crippen LogP contribution in [0, 0.1) is 6.92 Å². The summed E-state index contributed by atoms with van der Waals surface area (Å²) in [5.41, 5.74) is 2.73. The van der Waals surface area contributed by atoms with Gasteiger partial charge in [0.1, 0.15) is 17.4 Å². The van der Waals surface area contributed by atoms with E-state index in [4.69, 9.17) is 13.9 Å². The van der Waals surface area contributed by atoms with E-state index < -0.39 is 0 Å². The Hall–Kier alpha value is -2.09. The maximum absolute atomic E-state index is 12.9. The van der Waals surface area contributed by atoms with E-state index in [0.717, 1.165) is 69.1 Å². The van der Waals surface area contributed by atoms with Gasteiger partial charge >= 0.3 is 0 Å². The van der Waals surface area contributed by atoms with Crippen molar-refractivity contribution in [3.8, 4) is 5.75 Å². The normalized spacial score (nSPS) is 23.4. The van der Waals surface area contributed by atoms with Gasteiger partial charge in [0, 0.05) is 63.9 Å². The van der Waals surface area contributed by atoms with Gasteiger partial charge in [-0.1, -0.05) is 0 Å². The van der Waals surface area contributed by atoms with Crippen molar-refractivity contribution < 1.29 is 13.9 Å². The smallest absolute Gasteiger partial charge is 0.200 e. The summed E-state index contributed by atoms with van der Waals surface area (Å²) in [6.07, 6.45) is 0.987. The molecule has 7 heteroatoms. The van der Waals surface area contributed by atoms with E-state index >= 15 is 0 Å². The molecule has 1 aromatic carbocycles. The van der Waals surface area contributed by atoms with Gasteiger partial charge < -0.3 is 23.7 Å². The van der Waals surface area contributed by atoms with Gasteiger partial charge in [0.05, 0.1) is 18.6 Å². The molecule has 7 nitrogen and oxygen atoms in total. The van der Waals surface area contributed by atoms with E-state index in [1.807, 2.05) is 13.0 Å². The second-order valence-electron chi connectivity index (χ2n) is 8.46. The molecule has 156 valence electrons. The maximum Gasteiger partial charge on any atom is 0.200 e. The average Bonchev–Trinajstić information content (AvgIpc) is 3.14. The van der Waals surface area contributed by atoms with Crippen LogP contribution in [-0.4, -0.2) is 82.0 Å². The molecule has 29 heavy (non-hydrogen) atoms. The van der Waals surface area contributed by atoms with Gasteiger partial charge in [0.2, 0.25) is 0 Å². The van der Waals surface area contributed by atoms with Crippen LogP contribution in [0.5, 0.6) is 5.75 Å². The molecule has 0 N–H and O–H groups in total. The number of hydrogen-bond donors (Lipinski definition) is 0. The Balaban J connectivity index is 1.41. The van der Waals surface area contributed by atoms with E-state index in [0.29, 0.717) is 30.1 Å². The van der Waals surface area contributed by atoms with E-state index in [-0.39, 0.29) is 11.5 Å². The van der Waals surface area contributed by atoms with Crippen molar-refractivity contribution in [2.45, 2.75) is 19.4 Å². The molecule has 0 saturated carbocycles. The summed E-state index contributed by atoms with van der Waals surface area (Å²) in [4.78, 5) is 19.8. The van der Waals surface area contributed by atoms with Crippen molar-refractivity contribution in [3.63, 3.8) is 0 Å². The van der Waals surface area contributed by atoms with Crippen molar-refractivity contribution in [1.82, 2.24) is 9.80 Å². The van der Waals surface area contributed by atoms with Gasteiger partial charge in [-0.3, -0.25) is 9.69 Å². The number of aryl methyl sites for hydroxylation is 1. The largest absolute Gasteiger partial charge is 0.488 e. The van der Waals surface area contributed by atoms with Crippen molar-refractivity contribution >= 4 is 16.9 Å². The molecule has 3 aliphatic heterocycles. The number of nitrogens with zero attached hydrogens (tertiary/aromatic N) is 3. The quantitative estimate of drug-likeness (QED) is 0.775. The molecule has 0 amide bonds. The zero-order valence-electron chi connectivity index (χ0n) is 17.3. The van der Waals surface area contributed by atoms with Crippen LogP contribution in [-0.2, 0) is 11.2 Å². The van der Waals surface area contributed by atoms with E-state index in [2.05, 4.69) is 21.7 Å². The van der Waals surface area contributed by atoms with Crippen molar-refractivity contribution in [2.24, 2.45) is 0 Å². The number of anilines is 1. The van der Waals surface area contributed by atoms with Crippen molar-refractivity contribution in [2.75, 3.05) is 71.0 Å².